The molecule has 0 atom stereocenters. The van der Waals surface area contributed by atoms with Crippen LogP contribution in [0.5, 0.6) is 0 Å². The number of aromatic nitrogens is 2. The summed E-state index contributed by atoms with van der Waals surface area (Å²) in [5.74, 6) is 0.208. The summed E-state index contributed by atoms with van der Waals surface area (Å²) in [4.78, 5) is 0. The minimum atomic E-state index is -3.38. The van der Waals surface area contributed by atoms with Crippen LogP contribution in [0.4, 0.5) is 5.82 Å². The number of sulfone groups is 1. The zero-order valence-corrected chi connectivity index (χ0v) is 14.1. The van der Waals surface area contributed by atoms with Crippen molar-refractivity contribution in [1.29, 1.82) is 0 Å². The lowest BCUT2D eigenvalue weighted by Gasteiger charge is -2.22. The Labute approximate surface area is 133 Å². The van der Waals surface area contributed by atoms with Crippen LogP contribution < -0.4 is 5.73 Å². The van der Waals surface area contributed by atoms with E-state index in [1.54, 1.807) is 32.0 Å². The molecular formula is C13H15Cl2N3O2S. The summed E-state index contributed by atoms with van der Waals surface area (Å²) in [5.41, 5.74) is 7.48. The molecule has 1 heterocycles. The Kier molecular flexibility index (Phi) is 3.99. The van der Waals surface area contributed by atoms with Gasteiger partial charge in [-0.25, -0.2) is 8.42 Å². The second-order valence-corrected chi connectivity index (χ2v) is 8.65. The van der Waals surface area contributed by atoms with Crippen LogP contribution in [0.1, 0.15) is 19.5 Å². The third kappa shape index (κ3) is 2.75. The number of benzene rings is 1. The van der Waals surface area contributed by atoms with Gasteiger partial charge in [-0.15, -0.1) is 0 Å². The largest absolute Gasteiger partial charge is 0.382 e. The number of nitrogen functional groups attached to an aromatic ring is 1. The lowest BCUT2D eigenvalue weighted by Crippen LogP contribution is -2.29. The molecule has 0 aliphatic rings. The molecule has 0 radical (unpaired) electrons. The first-order valence-corrected chi connectivity index (χ1v) is 8.69. The Morgan fingerprint density at radius 2 is 1.86 bits per heavy atom. The predicted molar refractivity (Wildman–Crippen MR) is 86.3 cm³/mol. The van der Waals surface area contributed by atoms with Gasteiger partial charge in [-0.2, -0.15) is 5.10 Å². The summed E-state index contributed by atoms with van der Waals surface area (Å²) in [7, 11) is -3.38. The number of anilines is 1. The van der Waals surface area contributed by atoms with Crippen molar-refractivity contribution in [3.05, 3.63) is 33.9 Å². The first-order valence-electron chi connectivity index (χ1n) is 6.05. The number of aromatic amines is 1. The lowest BCUT2D eigenvalue weighted by molar-refractivity contribution is 0.556. The van der Waals surface area contributed by atoms with Gasteiger partial charge in [0.1, 0.15) is 4.75 Å². The van der Waals surface area contributed by atoms with E-state index in [2.05, 4.69) is 10.2 Å². The average Bonchev–Trinajstić information content (AvgIpc) is 2.74. The molecule has 21 heavy (non-hydrogen) atoms. The molecule has 0 amide bonds. The highest BCUT2D eigenvalue weighted by Gasteiger charge is 2.37. The number of nitrogens with two attached hydrogens (primary N) is 1. The van der Waals surface area contributed by atoms with Crippen LogP contribution in [-0.2, 0) is 14.6 Å². The molecule has 0 saturated carbocycles. The third-order valence-corrected chi connectivity index (χ3v) is 6.33. The number of halogens is 2. The van der Waals surface area contributed by atoms with Gasteiger partial charge < -0.3 is 5.73 Å². The van der Waals surface area contributed by atoms with Crippen molar-refractivity contribution in [1.82, 2.24) is 10.2 Å². The highest BCUT2D eigenvalue weighted by atomic mass is 35.5. The molecular weight excluding hydrogens is 333 g/mol. The summed E-state index contributed by atoms with van der Waals surface area (Å²) < 4.78 is 22.9. The van der Waals surface area contributed by atoms with E-state index in [1.165, 1.54) is 6.26 Å². The van der Waals surface area contributed by atoms with E-state index in [-0.39, 0.29) is 5.82 Å². The SMILES string of the molecule is CC(C)(c1[nH]nc(N)c1-c1ccc(Cl)c(Cl)c1)S(C)(=O)=O. The normalized spacial score (nSPS) is 12.6. The fourth-order valence-electron chi connectivity index (χ4n) is 1.92. The van der Waals surface area contributed by atoms with E-state index in [9.17, 15) is 8.42 Å². The maximum absolute atomic E-state index is 12.0. The maximum atomic E-state index is 12.0. The van der Waals surface area contributed by atoms with Crippen molar-refractivity contribution in [3.63, 3.8) is 0 Å². The molecule has 0 spiro atoms. The van der Waals surface area contributed by atoms with Gasteiger partial charge in [0.2, 0.25) is 0 Å². The molecule has 8 heteroatoms. The van der Waals surface area contributed by atoms with Crippen molar-refractivity contribution < 1.29 is 8.42 Å². The van der Waals surface area contributed by atoms with E-state index in [0.717, 1.165) is 0 Å². The van der Waals surface area contributed by atoms with E-state index in [0.29, 0.717) is 26.9 Å². The monoisotopic (exact) mass is 347 g/mol. The van der Waals surface area contributed by atoms with Crippen molar-refractivity contribution in [2.45, 2.75) is 18.6 Å². The van der Waals surface area contributed by atoms with Crippen molar-refractivity contribution >= 4 is 38.9 Å². The van der Waals surface area contributed by atoms with E-state index < -0.39 is 14.6 Å². The summed E-state index contributed by atoms with van der Waals surface area (Å²) in [5, 5.41) is 7.43. The second kappa shape index (κ2) is 5.19. The van der Waals surface area contributed by atoms with Crippen LogP contribution in [0.15, 0.2) is 18.2 Å². The molecule has 0 unspecified atom stereocenters. The number of nitrogens with one attached hydrogen (secondary N) is 1. The summed E-state index contributed by atoms with van der Waals surface area (Å²) in [6.45, 7) is 3.19. The first kappa shape index (κ1) is 16.1. The molecule has 2 aromatic rings. The number of H-pyrrole nitrogens is 1. The highest BCUT2D eigenvalue weighted by Crippen LogP contribution is 2.39. The Morgan fingerprint density at radius 3 is 2.38 bits per heavy atom. The Hall–Kier alpha value is -1.24. The number of hydrogen-bond donors (Lipinski definition) is 2. The van der Waals surface area contributed by atoms with Gasteiger partial charge in [0.15, 0.2) is 15.7 Å². The van der Waals surface area contributed by atoms with Crippen LogP contribution in [-0.4, -0.2) is 24.9 Å². The Bertz CT molecular complexity index is 798. The summed E-state index contributed by atoms with van der Waals surface area (Å²) in [6.07, 6.45) is 1.17. The van der Waals surface area contributed by atoms with E-state index in [4.69, 9.17) is 28.9 Å². The van der Waals surface area contributed by atoms with Gasteiger partial charge in [-0.3, -0.25) is 5.10 Å². The van der Waals surface area contributed by atoms with Crippen molar-refractivity contribution in [2.24, 2.45) is 0 Å². The lowest BCUT2D eigenvalue weighted by atomic mass is 9.98. The molecule has 0 aliphatic heterocycles. The minimum Gasteiger partial charge on any atom is -0.382 e. The maximum Gasteiger partial charge on any atom is 0.158 e. The smallest absolute Gasteiger partial charge is 0.158 e. The van der Waals surface area contributed by atoms with Gasteiger partial charge in [-0.05, 0) is 31.5 Å². The first-order chi connectivity index (χ1) is 9.55. The molecule has 3 N–H and O–H groups in total. The van der Waals surface area contributed by atoms with Gasteiger partial charge in [0, 0.05) is 11.8 Å². The van der Waals surface area contributed by atoms with Gasteiger partial charge in [-0.1, -0.05) is 29.3 Å². The fourth-order valence-corrected chi connectivity index (χ4v) is 2.74. The van der Waals surface area contributed by atoms with Crippen LogP contribution in [0, 0.1) is 0 Å². The zero-order valence-electron chi connectivity index (χ0n) is 11.7. The predicted octanol–water partition coefficient (Wildman–Crippen LogP) is 3.25. The quantitative estimate of drug-likeness (QED) is 0.891. The number of hydrogen-bond acceptors (Lipinski definition) is 4. The molecule has 0 aliphatic carbocycles. The minimum absolute atomic E-state index is 0.208. The molecule has 0 bridgehead atoms. The van der Waals surface area contributed by atoms with Crippen LogP contribution >= 0.6 is 23.2 Å². The number of nitrogens with zero attached hydrogens (tertiary/aromatic N) is 1. The zero-order chi connectivity index (χ0) is 16.0. The van der Waals surface area contributed by atoms with Gasteiger partial charge >= 0.3 is 0 Å². The second-order valence-electron chi connectivity index (χ2n) is 5.27. The fraction of sp³-hybridized carbons (Fsp3) is 0.308. The molecule has 0 fully saturated rings. The molecule has 1 aromatic carbocycles. The molecule has 114 valence electrons. The molecule has 1 aromatic heterocycles. The Morgan fingerprint density at radius 1 is 1.24 bits per heavy atom. The van der Waals surface area contributed by atoms with Crippen molar-refractivity contribution in [2.75, 3.05) is 12.0 Å². The summed E-state index contributed by atoms with van der Waals surface area (Å²) >= 11 is 11.9. The standard InChI is InChI=1S/C13H15Cl2N3O2S/c1-13(2,21(3,19)20)11-10(12(16)18-17-11)7-4-5-8(14)9(15)6-7/h4-6H,1-3H3,(H3,16,17,18). The van der Waals surface area contributed by atoms with E-state index in [1.807, 2.05) is 0 Å². The number of rotatable bonds is 3. The summed E-state index contributed by atoms with van der Waals surface area (Å²) in [6, 6.07) is 4.98. The molecule has 5 nitrogen and oxygen atoms in total. The van der Waals surface area contributed by atoms with Crippen LogP contribution in [0.3, 0.4) is 0 Å². The van der Waals surface area contributed by atoms with Crippen LogP contribution in [0.25, 0.3) is 11.1 Å². The van der Waals surface area contributed by atoms with E-state index >= 15 is 0 Å². The Balaban J connectivity index is 2.72. The molecule has 2 rings (SSSR count). The van der Waals surface area contributed by atoms with Gasteiger partial charge in [0.05, 0.1) is 15.7 Å². The average molecular weight is 348 g/mol. The third-order valence-electron chi connectivity index (χ3n) is 3.53. The molecule has 0 saturated heterocycles. The van der Waals surface area contributed by atoms with Crippen molar-refractivity contribution in [3.8, 4) is 11.1 Å². The van der Waals surface area contributed by atoms with Gasteiger partial charge in [0.25, 0.3) is 0 Å². The highest BCUT2D eigenvalue weighted by molar-refractivity contribution is 7.91. The topological polar surface area (TPSA) is 88.8 Å². The van der Waals surface area contributed by atoms with Crippen LogP contribution in [0.2, 0.25) is 10.0 Å².